The zero-order valence-electron chi connectivity index (χ0n) is 9.91. The van der Waals surface area contributed by atoms with Gasteiger partial charge in [-0.05, 0) is 32.1 Å². The summed E-state index contributed by atoms with van der Waals surface area (Å²) in [7, 11) is 0. The van der Waals surface area contributed by atoms with Gasteiger partial charge < -0.3 is 15.2 Å². The van der Waals surface area contributed by atoms with Gasteiger partial charge in [-0.2, -0.15) is 0 Å². The first-order valence-corrected chi connectivity index (χ1v) is 6.24. The molecule has 1 unspecified atom stereocenters. The van der Waals surface area contributed by atoms with Crippen LogP contribution in [0, 0.1) is 5.41 Å². The molecule has 1 saturated heterocycles. The number of carboxylic acid groups (broad SMARTS) is 1. The number of carbonyl (C=O) groups is 2. The van der Waals surface area contributed by atoms with Gasteiger partial charge in [-0.15, -0.1) is 0 Å². The first kappa shape index (κ1) is 12.4. The molecule has 0 bridgehead atoms. The maximum atomic E-state index is 11.5. The standard InChI is InChI=1S/C12H19NO4/c14-10(4-3-9-2-1-7-17-9)13-8-12(5-6-12)11(15)16/h9H,1-8H2,(H,13,14)(H,15,16). The quantitative estimate of drug-likeness (QED) is 0.725. The highest BCUT2D eigenvalue weighted by Gasteiger charge is 2.50. The van der Waals surface area contributed by atoms with Crippen molar-refractivity contribution in [2.45, 2.75) is 44.6 Å². The molecule has 0 aromatic carbocycles. The van der Waals surface area contributed by atoms with Crippen molar-refractivity contribution in [3.05, 3.63) is 0 Å². The summed E-state index contributed by atoms with van der Waals surface area (Å²) in [6.45, 7) is 1.07. The van der Waals surface area contributed by atoms with Gasteiger partial charge in [0.2, 0.25) is 5.91 Å². The maximum Gasteiger partial charge on any atom is 0.311 e. The van der Waals surface area contributed by atoms with Crippen LogP contribution in [-0.2, 0) is 14.3 Å². The Labute approximate surface area is 101 Å². The largest absolute Gasteiger partial charge is 0.481 e. The second-order valence-corrected chi connectivity index (χ2v) is 5.04. The number of hydrogen-bond donors (Lipinski definition) is 2. The normalized spacial score (nSPS) is 25.5. The molecule has 0 radical (unpaired) electrons. The molecule has 1 amide bonds. The van der Waals surface area contributed by atoms with Gasteiger partial charge in [0, 0.05) is 19.6 Å². The summed E-state index contributed by atoms with van der Waals surface area (Å²) < 4.78 is 5.43. The average Bonchev–Trinajstić information content (AvgIpc) is 2.93. The van der Waals surface area contributed by atoms with E-state index in [1.54, 1.807) is 0 Å². The van der Waals surface area contributed by atoms with Gasteiger partial charge in [0.1, 0.15) is 0 Å². The molecule has 5 nitrogen and oxygen atoms in total. The third-order valence-electron chi connectivity index (χ3n) is 3.65. The number of nitrogens with one attached hydrogen (secondary N) is 1. The van der Waals surface area contributed by atoms with Gasteiger partial charge >= 0.3 is 5.97 Å². The topological polar surface area (TPSA) is 75.6 Å². The number of hydrogen-bond acceptors (Lipinski definition) is 3. The van der Waals surface area contributed by atoms with Crippen LogP contribution in [0.25, 0.3) is 0 Å². The minimum Gasteiger partial charge on any atom is -0.481 e. The van der Waals surface area contributed by atoms with Crippen LogP contribution in [0.5, 0.6) is 0 Å². The minimum absolute atomic E-state index is 0.0620. The van der Waals surface area contributed by atoms with E-state index in [1.807, 2.05) is 0 Å². The van der Waals surface area contributed by atoms with E-state index in [0.29, 0.717) is 19.3 Å². The summed E-state index contributed by atoms with van der Waals surface area (Å²) in [4.78, 5) is 22.4. The highest BCUT2D eigenvalue weighted by molar-refractivity contribution is 5.80. The molecular formula is C12H19NO4. The second kappa shape index (κ2) is 5.04. The van der Waals surface area contributed by atoms with Crippen LogP contribution >= 0.6 is 0 Å². The summed E-state index contributed by atoms with van der Waals surface area (Å²) >= 11 is 0. The number of carboxylic acids is 1. The highest BCUT2D eigenvalue weighted by Crippen LogP contribution is 2.45. The molecule has 0 spiro atoms. The van der Waals surface area contributed by atoms with E-state index in [9.17, 15) is 9.59 Å². The van der Waals surface area contributed by atoms with Crippen LogP contribution in [0.4, 0.5) is 0 Å². The smallest absolute Gasteiger partial charge is 0.311 e. The van der Waals surface area contributed by atoms with Crippen LogP contribution in [0.1, 0.15) is 38.5 Å². The summed E-state index contributed by atoms with van der Waals surface area (Å²) in [5, 5.41) is 11.7. The molecule has 1 atom stereocenters. The van der Waals surface area contributed by atoms with Gasteiger partial charge in [-0.3, -0.25) is 9.59 Å². The molecule has 1 saturated carbocycles. The van der Waals surface area contributed by atoms with Crippen molar-refractivity contribution in [1.82, 2.24) is 5.32 Å². The molecule has 2 rings (SSSR count). The zero-order valence-corrected chi connectivity index (χ0v) is 9.91. The fourth-order valence-corrected chi connectivity index (χ4v) is 2.14. The van der Waals surface area contributed by atoms with E-state index < -0.39 is 11.4 Å². The molecule has 0 aromatic rings. The van der Waals surface area contributed by atoms with E-state index in [1.165, 1.54) is 0 Å². The number of ether oxygens (including phenoxy) is 1. The molecule has 0 aromatic heterocycles. The minimum atomic E-state index is -0.795. The predicted octanol–water partition coefficient (Wildman–Crippen LogP) is 0.927. The Morgan fingerprint density at radius 3 is 2.71 bits per heavy atom. The first-order chi connectivity index (χ1) is 8.12. The van der Waals surface area contributed by atoms with Crippen LogP contribution in [0.2, 0.25) is 0 Å². The Balaban J connectivity index is 1.62. The molecule has 96 valence electrons. The maximum absolute atomic E-state index is 11.5. The number of amides is 1. The lowest BCUT2D eigenvalue weighted by atomic mass is 10.1. The van der Waals surface area contributed by atoms with Crippen LogP contribution < -0.4 is 5.32 Å². The molecule has 1 aliphatic heterocycles. The van der Waals surface area contributed by atoms with Gasteiger partial charge in [-0.1, -0.05) is 0 Å². The average molecular weight is 241 g/mol. The molecular weight excluding hydrogens is 222 g/mol. The lowest BCUT2D eigenvalue weighted by Gasteiger charge is -2.12. The molecule has 1 heterocycles. The third-order valence-corrected chi connectivity index (χ3v) is 3.65. The van der Waals surface area contributed by atoms with Crippen LogP contribution in [0.15, 0.2) is 0 Å². The van der Waals surface area contributed by atoms with Gasteiger partial charge in [0.25, 0.3) is 0 Å². The van der Waals surface area contributed by atoms with Crippen LogP contribution in [0.3, 0.4) is 0 Å². The third kappa shape index (κ3) is 3.19. The van der Waals surface area contributed by atoms with Crippen molar-refractivity contribution in [2.24, 2.45) is 5.41 Å². The monoisotopic (exact) mass is 241 g/mol. The van der Waals surface area contributed by atoms with Crippen molar-refractivity contribution >= 4 is 11.9 Å². The summed E-state index contributed by atoms with van der Waals surface area (Å²) in [5.41, 5.74) is -0.667. The SMILES string of the molecule is O=C(CCC1CCCO1)NCC1(C(=O)O)CC1. The highest BCUT2D eigenvalue weighted by atomic mass is 16.5. The van der Waals surface area contributed by atoms with Crippen molar-refractivity contribution in [3.63, 3.8) is 0 Å². The molecule has 1 aliphatic carbocycles. The van der Waals surface area contributed by atoms with E-state index >= 15 is 0 Å². The summed E-state index contributed by atoms with van der Waals surface area (Å²) in [5.74, 6) is -0.857. The number of carbonyl (C=O) groups excluding carboxylic acids is 1. The Morgan fingerprint density at radius 2 is 2.18 bits per heavy atom. The summed E-state index contributed by atoms with van der Waals surface area (Å²) in [6.07, 6.45) is 4.85. The van der Waals surface area contributed by atoms with E-state index in [2.05, 4.69) is 5.32 Å². The Bertz CT molecular complexity index is 306. The molecule has 2 N–H and O–H groups in total. The lowest BCUT2D eigenvalue weighted by Crippen LogP contribution is -2.34. The molecule has 17 heavy (non-hydrogen) atoms. The fraction of sp³-hybridized carbons (Fsp3) is 0.833. The van der Waals surface area contributed by atoms with E-state index in [-0.39, 0.29) is 18.6 Å². The fourth-order valence-electron chi connectivity index (χ4n) is 2.14. The van der Waals surface area contributed by atoms with Crippen molar-refractivity contribution < 1.29 is 19.4 Å². The molecule has 5 heteroatoms. The van der Waals surface area contributed by atoms with Gasteiger partial charge in [0.15, 0.2) is 0 Å². The predicted molar refractivity (Wildman–Crippen MR) is 60.5 cm³/mol. The lowest BCUT2D eigenvalue weighted by molar-refractivity contribution is -0.143. The summed E-state index contributed by atoms with van der Waals surface area (Å²) in [6, 6.07) is 0. The Kier molecular flexibility index (Phi) is 3.66. The second-order valence-electron chi connectivity index (χ2n) is 5.04. The Morgan fingerprint density at radius 1 is 1.41 bits per heavy atom. The molecule has 2 aliphatic rings. The molecule has 2 fully saturated rings. The zero-order chi connectivity index (χ0) is 12.3. The number of rotatable bonds is 6. The number of aliphatic carboxylic acids is 1. The van der Waals surface area contributed by atoms with Crippen LogP contribution in [-0.4, -0.2) is 36.2 Å². The van der Waals surface area contributed by atoms with Gasteiger partial charge in [0.05, 0.1) is 11.5 Å². The van der Waals surface area contributed by atoms with Crippen molar-refractivity contribution in [1.29, 1.82) is 0 Å². The van der Waals surface area contributed by atoms with Crippen molar-refractivity contribution in [2.75, 3.05) is 13.2 Å². The first-order valence-electron chi connectivity index (χ1n) is 6.24. The Hall–Kier alpha value is -1.10. The van der Waals surface area contributed by atoms with E-state index in [0.717, 1.165) is 25.9 Å². The van der Waals surface area contributed by atoms with Gasteiger partial charge in [-0.25, -0.2) is 0 Å². The van der Waals surface area contributed by atoms with Crippen molar-refractivity contribution in [3.8, 4) is 0 Å². The van der Waals surface area contributed by atoms with E-state index in [4.69, 9.17) is 9.84 Å².